The van der Waals surface area contributed by atoms with Crippen LogP contribution in [0.4, 0.5) is 0 Å². The summed E-state index contributed by atoms with van der Waals surface area (Å²) in [6.45, 7) is 5.14. The first-order chi connectivity index (χ1) is 14.1. The van der Waals surface area contributed by atoms with Crippen LogP contribution in [0.1, 0.15) is 65.3 Å². The van der Waals surface area contributed by atoms with Gasteiger partial charge in [-0.25, -0.2) is 9.97 Å². The van der Waals surface area contributed by atoms with Crippen LogP contribution in [0.3, 0.4) is 0 Å². The molecular formula is C24H24N4O. The molecule has 1 fully saturated rings. The SMILES string of the molecule is CC(C)c1ccc(-c2ncc3c(n2)-c2[nH]c4c(c2CC3)C(=O)NCC42CC2)cc1. The van der Waals surface area contributed by atoms with Gasteiger partial charge >= 0.3 is 0 Å². The second-order valence-corrected chi connectivity index (χ2v) is 9.04. The van der Waals surface area contributed by atoms with Crippen molar-refractivity contribution in [3.8, 4) is 22.8 Å². The average Bonchev–Trinajstić information content (AvgIpc) is 3.40. The van der Waals surface area contributed by atoms with Gasteiger partial charge in [-0.15, -0.1) is 0 Å². The van der Waals surface area contributed by atoms with Gasteiger partial charge in [-0.05, 0) is 48.3 Å². The molecule has 29 heavy (non-hydrogen) atoms. The monoisotopic (exact) mass is 384 g/mol. The molecule has 5 nitrogen and oxygen atoms in total. The number of benzene rings is 1. The van der Waals surface area contributed by atoms with Crippen molar-refractivity contribution in [2.75, 3.05) is 6.54 Å². The summed E-state index contributed by atoms with van der Waals surface area (Å²) >= 11 is 0. The number of rotatable bonds is 2. The molecule has 3 heterocycles. The second-order valence-electron chi connectivity index (χ2n) is 9.04. The van der Waals surface area contributed by atoms with Crippen LogP contribution in [0.25, 0.3) is 22.8 Å². The molecule has 0 atom stereocenters. The minimum atomic E-state index is 0.0667. The van der Waals surface area contributed by atoms with Gasteiger partial charge in [0.25, 0.3) is 5.91 Å². The predicted octanol–water partition coefficient (Wildman–Crippen LogP) is 4.14. The number of amides is 1. The number of aromatic nitrogens is 3. The fourth-order valence-electron chi connectivity index (χ4n) is 4.87. The molecule has 146 valence electrons. The molecule has 3 aliphatic rings. The highest BCUT2D eigenvalue weighted by molar-refractivity contribution is 6.01. The van der Waals surface area contributed by atoms with Crippen LogP contribution < -0.4 is 5.32 Å². The lowest BCUT2D eigenvalue weighted by Crippen LogP contribution is -2.39. The van der Waals surface area contributed by atoms with E-state index in [4.69, 9.17) is 4.98 Å². The maximum absolute atomic E-state index is 12.7. The molecule has 2 aromatic heterocycles. The third-order valence-electron chi connectivity index (χ3n) is 6.88. The van der Waals surface area contributed by atoms with Gasteiger partial charge in [0.15, 0.2) is 5.82 Å². The van der Waals surface area contributed by atoms with Crippen molar-refractivity contribution in [3.63, 3.8) is 0 Å². The van der Waals surface area contributed by atoms with Crippen molar-refractivity contribution < 1.29 is 4.79 Å². The van der Waals surface area contributed by atoms with E-state index in [-0.39, 0.29) is 11.3 Å². The Balaban J connectivity index is 1.47. The average molecular weight is 384 g/mol. The Kier molecular flexibility index (Phi) is 3.38. The van der Waals surface area contributed by atoms with E-state index in [1.807, 2.05) is 6.20 Å². The number of carbonyl (C=O) groups is 1. The summed E-state index contributed by atoms with van der Waals surface area (Å²) in [5.41, 5.74) is 8.77. The molecule has 0 radical (unpaired) electrons. The number of fused-ring (bicyclic) bond motifs is 6. The summed E-state index contributed by atoms with van der Waals surface area (Å²) in [6, 6.07) is 8.52. The minimum absolute atomic E-state index is 0.0667. The zero-order valence-corrected chi connectivity index (χ0v) is 16.8. The lowest BCUT2D eigenvalue weighted by atomic mass is 9.88. The lowest BCUT2D eigenvalue weighted by molar-refractivity contribution is 0.0936. The Labute approximate surface area is 170 Å². The third-order valence-corrected chi connectivity index (χ3v) is 6.88. The van der Waals surface area contributed by atoms with Gasteiger partial charge in [0.1, 0.15) is 0 Å². The summed E-state index contributed by atoms with van der Waals surface area (Å²) in [6.07, 6.45) is 5.99. The fraction of sp³-hybridized carbons (Fsp3) is 0.375. The van der Waals surface area contributed by atoms with Crippen molar-refractivity contribution in [2.24, 2.45) is 0 Å². The normalized spacial score (nSPS) is 18.2. The standard InChI is InChI=1S/C24H24N4O/c1-13(2)14-3-5-15(6-4-14)22-25-11-16-7-8-17-18-21(27-20(17)19(16)28-22)24(9-10-24)12-26-23(18)29/h3-6,11,13,27H,7-10,12H2,1-2H3,(H,26,29). The van der Waals surface area contributed by atoms with Gasteiger partial charge in [-0.2, -0.15) is 0 Å². The maximum atomic E-state index is 12.7. The Morgan fingerprint density at radius 1 is 1.10 bits per heavy atom. The molecule has 2 aliphatic carbocycles. The van der Waals surface area contributed by atoms with Crippen LogP contribution in [0.15, 0.2) is 30.5 Å². The number of nitrogens with zero attached hydrogens (tertiary/aromatic N) is 2. The molecule has 1 saturated carbocycles. The second kappa shape index (κ2) is 5.78. The zero-order valence-electron chi connectivity index (χ0n) is 16.8. The molecule has 0 saturated heterocycles. The van der Waals surface area contributed by atoms with Crippen molar-refractivity contribution >= 4 is 5.91 Å². The van der Waals surface area contributed by atoms with Gasteiger partial charge < -0.3 is 10.3 Å². The summed E-state index contributed by atoms with van der Waals surface area (Å²) in [7, 11) is 0. The van der Waals surface area contributed by atoms with Gasteiger partial charge in [-0.3, -0.25) is 4.79 Å². The van der Waals surface area contributed by atoms with E-state index in [0.29, 0.717) is 5.92 Å². The van der Waals surface area contributed by atoms with E-state index in [1.54, 1.807) is 0 Å². The van der Waals surface area contributed by atoms with Crippen LogP contribution in [0, 0.1) is 0 Å². The minimum Gasteiger partial charge on any atom is -0.356 e. The predicted molar refractivity (Wildman–Crippen MR) is 112 cm³/mol. The fourth-order valence-corrected chi connectivity index (χ4v) is 4.87. The number of aromatic amines is 1. The summed E-state index contributed by atoms with van der Waals surface area (Å²) < 4.78 is 0. The molecule has 6 rings (SSSR count). The maximum Gasteiger partial charge on any atom is 0.253 e. The van der Waals surface area contributed by atoms with Crippen molar-refractivity contribution in [1.82, 2.24) is 20.3 Å². The highest BCUT2D eigenvalue weighted by Crippen LogP contribution is 2.52. The van der Waals surface area contributed by atoms with Crippen LogP contribution in [-0.2, 0) is 18.3 Å². The van der Waals surface area contributed by atoms with Crippen LogP contribution in [0.2, 0.25) is 0 Å². The molecule has 1 aliphatic heterocycles. The Bertz CT molecular complexity index is 1150. The van der Waals surface area contributed by atoms with Gasteiger partial charge in [0.2, 0.25) is 0 Å². The number of carbonyl (C=O) groups excluding carboxylic acids is 1. The molecule has 1 aromatic carbocycles. The highest BCUT2D eigenvalue weighted by atomic mass is 16.1. The van der Waals surface area contributed by atoms with Gasteiger partial charge in [-0.1, -0.05) is 38.1 Å². The van der Waals surface area contributed by atoms with E-state index in [1.165, 1.54) is 5.56 Å². The molecule has 3 aromatic rings. The smallest absolute Gasteiger partial charge is 0.253 e. The molecule has 1 spiro atoms. The van der Waals surface area contributed by atoms with Crippen LogP contribution in [0.5, 0.6) is 0 Å². The molecule has 0 unspecified atom stereocenters. The quantitative estimate of drug-likeness (QED) is 0.698. The van der Waals surface area contributed by atoms with Crippen molar-refractivity contribution in [3.05, 3.63) is 58.4 Å². The number of aryl methyl sites for hydroxylation is 1. The Hall–Kier alpha value is -2.95. The molecular weight excluding hydrogens is 360 g/mol. The number of nitrogens with one attached hydrogen (secondary N) is 2. The summed E-state index contributed by atoms with van der Waals surface area (Å²) in [4.78, 5) is 25.9. The first-order valence-electron chi connectivity index (χ1n) is 10.6. The first kappa shape index (κ1) is 17.0. The third kappa shape index (κ3) is 2.43. The molecule has 2 N–H and O–H groups in total. The van der Waals surface area contributed by atoms with Gasteiger partial charge in [0.05, 0.1) is 17.0 Å². The Morgan fingerprint density at radius 2 is 1.90 bits per heavy atom. The Morgan fingerprint density at radius 3 is 2.62 bits per heavy atom. The number of H-pyrrole nitrogens is 1. The first-order valence-corrected chi connectivity index (χ1v) is 10.6. The van der Waals surface area contributed by atoms with Crippen molar-refractivity contribution in [2.45, 2.75) is 50.9 Å². The lowest BCUT2D eigenvalue weighted by Gasteiger charge is -2.23. The zero-order chi connectivity index (χ0) is 19.8. The summed E-state index contributed by atoms with van der Waals surface area (Å²) in [5.74, 6) is 1.31. The van der Waals surface area contributed by atoms with E-state index >= 15 is 0 Å². The number of hydrogen-bond donors (Lipinski definition) is 2. The van der Waals surface area contributed by atoms with E-state index in [2.05, 4.69) is 53.4 Å². The topological polar surface area (TPSA) is 70.7 Å². The molecule has 1 amide bonds. The van der Waals surface area contributed by atoms with Crippen LogP contribution >= 0.6 is 0 Å². The summed E-state index contributed by atoms with van der Waals surface area (Å²) in [5, 5.41) is 3.11. The van der Waals surface area contributed by atoms with Crippen LogP contribution in [-0.4, -0.2) is 27.4 Å². The van der Waals surface area contributed by atoms with Crippen molar-refractivity contribution in [1.29, 1.82) is 0 Å². The molecule has 0 bridgehead atoms. The van der Waals surface area contributed by atoms with E-state index in [0.717, 1.165) is 77.4 Å². The van der Waals surface area contributed by atoms with E-state index < -0.39 is 0 Å². The van der Waals surface area contributed by atoms with E-state index in [9.17, 15) is 4.79 Å². The van der Waals surface area contributed by atoms with Gasteiger partial charge in [0, 0.05) is 29.4 Å². The molecule has 5 heteroatoms. The highest BCUT2D eigenvalue weighted by Gasteiger charge is 2.51. The number of hydrogen-bond acceptors (Lipinski definition) is 3. The largest absolute Gasteiger partial charge is 0.356 e.